The van der Waals surface area contributed by atoms with Gasteiger partial charge in [-0.25, -0.2) is 0 Å². The zero-order valence-electron chi connectivity index (χ0n) is 12.7. The largest absolute Gasteiger partial charge is 0.490 e. The summed E-state index contributed by atoms with van der Waals surface area (Å²) in [5.41, 5.74) is 1.68. The molecule has 5 heteroatoms. The van der Waals surface area contributed by atoms with Crippen molar-refractivity contribution in [3.8, 4) is 11.5 Å². The molecule has 2 aromatic carbocycles. The lowest BCUT2D eigenvalue weighted by molar-refractivity contribution is -0.116. The van der Waals surface area contributed by atoms with Gasteiger partial charge in [0, 0.05) is 29.6 Å². The van der Waals surface area contributed by atoms with Crippen LogP contribution >= 0.6 is 11.6 Å². The first kappa shape index (κ1) is 15.7. The molecule has 120 valence electrons. The van der Waals surface area contributed by atoms with Crippen LogP contribution in [0.15, 0.2) is 42.5 Å². The average molecular weight is 332 g/mol. The molecule has 0 unspecified atom stereocenters. The fourth-order valence-corrected chi connectivity index (χ4v) is 2.64. The lowest BCUT2D eigenvalue weighted by Crippen LogP contribution is -2.12. The fraction of sp³-hybridized carbons (Fsp3) is 0.278. The molecule has 0 aliphatic carbocycles. The van der Waals surface area contributed by atoms with Crippen molar-refractivity contribution >= 4 is 23.2 Å². The van der Waals surface area contributed by atoms with Crippen molar-refractivity contribution in [2.45, 2.75) is 19.3 Å². The first-order chi connectivity index (χ1) is 11.2. The summed E-state index contributed by atoms with van der Waals surface area (Å²) in [6.07, 6.45) is 1.84. The zero-order valence-corrected chi connectivity index (χ0v) is 13.4. The Morgan fingerprint density at radius 3 is 2.70 bits per heavy atom. The standard InChI is InChI=1S/C18H18ClNO3/c19-15-5-2-1-4-13(15)6-9-18(21)20-14-7-8-16-17(12-14)23-11-3-10-22-16/h1-2,4-5,7-8,12H,3,6,9-11H2,(H,20,21). The maximum Gasteiger partial charge on any atom is 0.224 e. The van der Waals surface area contributed by atoms with E-state index in [9.17, 15) is 4.79 Å². The molecule has 1 N–H and O–H groups in total. The first-order valence-electron chi connectivity index (χ1n) is 7.65. The molecule has 0 radical (unpaired) electrons. The van der Waals surface area contributed by atoms with E-state index in [-0.39, 0.29) is 5.91 Å². The van der Waals surface area contributed by atoms with Gasteiger partial charge in [-0.3, -0.25) is 4.79 Å². The molecule has 0 atom stereocenters. The summed E-state index contributed by atoms with van der Waals surface area (Å²) in [5.74, 6) is 1.34. The molecule has 3 rings (SSSR count). The number of nitrogens with one attached hydrogen (secondary N) is 1. The molecular formula is C18H18ClNO3. The third kappa shape index (κ3) is 4.17. The van der Waals surface area contributed by atoms with E-state index < -0.39 is 0 Å². The van der Waals surface area contributed by atoms with Gasteiger partial charge in [0.2, 0.25) is 5.91 Å². The Morgan fingerprint density at radius 2 is 1.87 bits per heavy atom. The highest BCUT2D eigenvalue weighted by atomic mass is 35.5. The van der Waals surface area contributed by atoms with Crippen LogP contribution in [0.25, 0.3) is 0 Å². The number of amides is 1. The number of ether oxygens (including phenoxy) is 2. The topological polar surface area (TPSA) is 47.6 Å². The van der Waals surface area contributed by atoms with Gasteiger partial charge in [-0.05, 0) is 30.2 Å². The number of fused-ring (bicyclic) bond motifs is 1. The van der Waals surface area contributed by atoms with Gasteiger partial charge in [-0.1, -0.05) is 29.8 Å². The second-order valence-corrected chi connectivity index (χ2v) is 5.76. The van der Waals surface area contributed by atoms with E-state index in [2.05, 4.69) is 5.32 Å². The predicted molar refractivity (Wildman–Crippen MR) is 90.5 cm³/mol. The van der Waals surface area contributed by atoms with Crippen LogP contribution in [0, 0.1) is 0 Å². The number of hydrogen-bond acceptors (Lipinski definition) is 3. The van der Waals surface area contributed by atoms with Crippen LogP contribution in [0.5, 0.6) is 11.5 Å². The van der Waals surface area contributed by atoms with Crippen LogP contribution in [0.2, 0.25) is 5.02 Å². The van der Waals surface area contributed by atoms with E-state index in [0.717, 1.165) is 17.7 Å². The predicted octanol–water partition coefficient (Wildman–Crippen LogP) is 4.07. The number of carbonyl (C=O) groups excluding carboxylic acids is 1. The Balaban J connectivity index is 1.60. The van der Waals surface area contributed by atoms with Gasteiger partial charge in [0.15, 0.2) is 11.5 Å². The number of carbonyl (C=O) groups is 1. The molecule has 1 amide bonds. The summed E-state index contributed by atoms with van der Waals surface area (Å²) in [6.45, 7) is 1.27. The quantitative estimate of drug-likeness (QED) is 0.918. The number of anilines is 1. The Labute approximate surface area is 140 Å². The highest BCUT2D eigenvalue weighted by molar-refractivity contribution is 6.31. The van der Waals surface area contributed by atoms with Gasteiger partial charge in [0.25, 0.3) is 0 Å². The number of hydrogen-bond donors (Lipinski definition) is 1. The monoisotopic (exact) mass is 331 g/mol. The highest BCUT2D eigenvalue weighted by Crippen LogP contribution is 2.32. The van der Waals surface area contributed by atoms with E-state index >= 15 is 0 Å². The average Bonchev–Trinajstić information content (AvgIpc) is 2.79. The highest BCUT2D eigenvalue weighted by Gasteiger charge is 2.12. The second kappa shape index (κ2) is 7.38. The normalized spacial score (nSPS) is 13.3. The van der Waals surface area contributed by atoms with Crippen molar-refractivity contribution in [2.75, 3.05) is 18.5 Å². The molecule has 4 nitrogen and oxygen atoms in total. The Bertz CT molecular complexity index is 702. The smallest absolute Gasteiger partial charge is 0.224 e. The minimum absolute atomic E-state index is 0.0561. The van der Waals surface area contributed by atoms with Crippen LogP contribution in [0.1, 0.15) is 18.4 Å². The molecular weight excluding hydrogens is 314 g/mol. The lowest BCUT2D eigenvalue weighted by atomic mass is 10.1. The molecule has 0 aromatic heterocycles. The maximum absolute atomic E-state index is 12.1. The molecule has 1 aliphatic rings. The molecule has 0 bridgehead atoms. The SMILES string of the molecule is O=C(CCc1ccccc1Cl)Nc1ccc2c(c1)OCCCO2. The summed E-state index contributed by atoms with van der Waals surface area (Å²) in [6, 6.07) is 13.0. The van der Waals surface area contributed by atoms with E-state index in [1.807, 2.05) is 36.4 Å². The number of benzene rings is 2. The van der Waals surface area contributed by atoms with E-state index in [4.69, 9.17) is 21.1 Å². The van der Waals surface area contributed by atoms with Crippen molar-refractivity contribution in [2.24, 2.45) is 0 Å². The molecule has 1 heterocycles. The molecule has 2 aromatic rings. The minimum Gasteiger partial charge on any atom is -0.490 e. The van der Waals surface area contributed by atoms with Crippen molar-refractivity contribution in [3.05, 3.63) is 53.1 Å². The fourth-order valence-electron chi connectivity index (χ4n) is 2.41. The van der Waals surface area contributed by atoms with Gasteiger partial charge >= 0.3 is 0 Å². The molecule has 1 aliphatic heterocycles. The van der Waals surface area contributed by atoms with Gasteiger partial charge in [0.1, 0.15) is 0 Å². The van der Waals surface area contributed by atoms with Gasteiger partial charge in [0.05, 0.1) is 13.2 Å². The second-order valence-electron chi connectivity index (χ2n) is 5.35. The van der Waals surface area contributed by atoms with Gasteiger partial charge in [-0.15, -0.1) is 0 Å². The van der Waals surface area contributed by atoms with Crippen LogP contribution in [0.3, 0.4) is 0 Å². The summed E-state index contributed by atoms with van der Waals surface area (Å²) in [5, 5.41) is 3.58. The molecule has 0 saturated heterocycles. The van der Waals surface area contributed by atoms with Crippen LogP contribution < -0.4 is 14.8 Å². The Kier molecular flexibility index (Phi) is 5.03. The molecule has 23 heavy (non-hydrogen) atoms. The molecule has 0 spiro atoms. The van der Waals surface area contributed by atoms with Gasteiger partial charge < -0.3 is 14.8 Å². The molecule has 0 fully saturated rings. The van der Waals surface area contributed by atoms with Crippen molar-refractivity contribution < 1.29 is 14.3 Å². The Hall–Kier alpha value is -2.20. The third-order valence-corrected chi connectivity index (χ3v) is 3.98. The lowest BCUT2D eigenvalue weighted by Gasteiger charge is -2.10. The van der Waals surface area contributed by atoms with Crippen molar-refractivity contribution in [3.63, 3.8) is 0 Å². The van der Waals surface area contributed by atoms with Crippen molar-refractivity contribution in [1.29, 1.82) is 0 Å². The first-order valence-corrected chi connectivity index (χ1v) is 8.03. The summed E-state index contributed by atoms with van der Waals surface area (Å²) in [4.78, 5) is 12.1. The molecule has 0 saturated carbocycles. The van der Waals surface area contributed by atoms with Gasteiger partial charge in [-0.2, -0.15) is 0 Å². The van der Waals surface area contributed by atoms with E-state index in [0.29, 0.717) is 42.5 Å². The van der Waals surface area contributed by atoms with E-state index in [1.165, 1.54) is 0 Å². The van der Waals surface area contributed by atoms with Crippen LogP contribution in [-0.2, 0) is 11.2 Å². The number of rotatable bonds is 4. The van der Waals surface area contributed by atoms with Crippen molar-refractivity contribution in [1.82, 2.24) is 0 Å². The summed E-state index contributed by atoms with van der Waals surface area (Å²) in [7, 11) is 0. The van der Waals surface area contributed by atoms with E-state index in [1.54, 1.807) is 6.07 Å². The van der Waals surface area contributed by atoms with Crippen LogP contribution in [-0.4, -0.2) is 19.1 Å². The summed E-state index contributed by atoms with van der Waals surface area (Å²) >= 11 is 6.10. The summed E-state index contributed by atoms with van der Waals surface area (Å²) < 4.78 is 11.2. The third-order valence-electron chi connectivity index (χ3n) is 3.61. The number of halogens is 1. The minimum atomic E-state index is -0.0561. The Morgan fingerprint density at radius 1 is 1.09 bits per heavy atom. The van der Waals surface area contributed by atoms with Crippen LogP contribution in [0.4, 0.5) is 5.69 Å². The zero-order chi connectivity index (χ0) is 16.1. The number of aryl methyl sites for hydroxylation is 1. The maximum atomic E-state index is 12.1.